The average molecular weight is 261 g/mol. The molecule has 2 aromatic rings. The maximum atomic E-state index is 5.30. The van der Waals surface area contributed by atoms with Gasteiger partial charge in [-0.25, -0.2) is 0 Å². The Hall–Kier alpha value is -1.69. The number of nitrogens with zero attached hydrogens (tertiary/aromatic N) is 4. The van der Waals surface area contributed by atoms with Gasteiger partial charge in [0.2, 0.25) is 11.7 Å². The first kappa shape index (κ1) is 12.3. The molecule has 3 heterocycles. The Kier molecular flexibility index (Phi) is 3.59. The molecule has 102 valence electrons. The zero-order valence-corrected chi connectivity index (χ0v) is 11.2. The van der Waals surface area contributed by atoms with Gasteiger partial charge < -0.3 is 9.84 Å². The number of rotatable bonds is 4. The van der Waals surface area contributed by atoms with E-state index in [-0.39, 0.29) is 0 Å². The highest BCUT2D eigenvalue weighted by Gasteiger charge is 2.15. The van der Waals surface area contributed by atoms with E-state index >= 15 is 0 Å². The van der Waals surface area contributed by atoms with Crippen LogP contribution in [0.25, 0.3) is 11.4 Å². The van der Waals surface area contributed by atoms with Gasteiger partial charge in [-0.3, -0.25) is 4.68 Å². The third-order valence-electron chi connectivity index (χ3n) is 3.60. The fourth-order valence-corrected chi connectivity index (χ4v) is 2.51. The molecule has 2 aromatic heterocycles. The first-order valence-electron chi connectivity index (χ1n) is 6.83. The summed E-state index contributed by atoms with van der Waals surface area (Å²) >= 11 is 0. The van der Waals surface area contributed by atoms with Gasteiger partial charge in [-0.05, 0) is 38.3 Å². The minimum Gasteiger partial charge on any atom is -0.339 e. The number of piperidine rings is 1. The highest BCUT2D eigenvalue weighted by molar-refractivity contribution is 5.50. The van der Waals surface area contributed by atoms with Gasteiger partial charge in [-0.1, -0.05) is 5.16 Å². The largest absolute Gasteiger partial charge is 0.339 e. The number of hydrogen-bond donors (Lipinski definition) is 1. The normalized spacial score (nSPS) is 19.7. The van der Waals surface area contributed by atoms with Gasteiger partial charge in [0.05, 0.1) is 11.8 Å². The molecule has 0 bridgehead atoms. The molecule has 0 spiro atoms. The highest BCUT2D eigenvalue weighted by atomic mass is 16.5. The summed E-state index contributed by atoms with van der Waals surface area (Å²) in [5, 5.41) is 11.5. The third-order valence-corrected chi connectivity index (χ3v) is 3.60. The summed E-state index contributed by atoms with van der Waals surface area (Å²) in [6.45, 7) is 2.27. The van der Waals surface area contributed by atoms with Gasteiger partial charge in [0.25, 0.3) is 0 Å². The number of hydrogen-bond acceptors (Lipinski definition) is 5. The molecule has 6 nitrogen and oxygen atoms in total. The molecule has 6 heteroatoms. The van der Waals surface area contributed by atoms with Crippen LogP contribution in [0.2, 0.25) is 0 Å². The Labute approximate surface area is 112 Å². The highest BCUT2D eigenvalue weighted by Crippen LogP contribution is 2.18. The summed E-state index contributed by atoms with van der Waals surface area (Å²) in [7, 11) is 1.88. The van der Waals surface area contributed by atoms with Crippen molar-refractivity contribution in [2.24, 2.45) is 13.0 Å². The molecule has 1 fully saturated rings. The van der Waals surface area contributed by atoms with Crippen LogP contribution in [0.15, 0.2) is 16.9 Å². The Morgan fingerprint density at radius 1 is 1.53 bits per heavy atom. The van der Waals surface area contributed by atoms with Crippen LogP contribution in [0, 0.1) is 5.92 Å². The SMILES string of the molecule is Cn1cc(-c2noc(CCC3CCCNC3)n2)cn1. The smallest absolute Gasteiger partial charge is 0.226 e. The van der Waals surface area contributed by atoms with E-state index < -0.39 is 0 Å². The first-order valence-corrected chi connectivity index (χ1v) is 6.83. The minimum atomic E-state index is 0.630. The molecule has 1 aliphatic heterocycles. The summed E-state index contributed by atoms with van der Waals surface area (Å²) in [6, 6.07) is 0. The molecule has 1 saturated heterocycles. The average Bonchev–Trinajstić information content (AvgIpc) is 3.06. The van der Waals surface area contributed by atoms with E-state index in [1.165, 1.54) is 12.8 Å². The second kappa shape index (κ2) is 5.52. The molecule has 3 rings (SSSR count). The van der Waals surface area contributed by atoms with Crippen LogP contribution in [0.1, 0.15) is 25.2 Å². The van der Waals surface area contributed by atoms with E-state index in [1.54, 1.807) is 10.9 Å². The van der Waals surface area contributed by atoms with Crippen LogP contribution in [0.4, 0.5) is 0 Å². The number of aryl methyl sites for hydroxylation is 2. The molecule has 1 atom stereocenters. The predicted octanol–water partition coefficient (Wildman–Crippen LogP) is 1.40. The predicted molar refractivity (Wildman–Crippen MR) is 70.4 cm³/mol. The van der Waals surface area contributed by atoms with Crippen molar-refractivity contribution < 1.29 is 4.52 Å². The number of aromatic nitrogens is 4. The Balaban J connectivity index is 1.58. The maximum Gasteiger partial charge on any atom is 0.226 e. The molecular weight excluding hydrogens is 242 g/mol. The van der Waals surface area contributed by atoms with Crippen LogP contribution in [-0.4, -0.2) is 33.0 Å². The Morgan fingerprint density at radius 3 is 3.21 bits per heavy atom. The van der Waals surface area contributed by atoms with Crippen molar-refractivity contribution in [2.75, 3.05) is 13.1 Å². The van der Waals surface area contributed by atoms with E-state index in [0.29, 0.717) is 5.82 Å². The van der Waals surface area contributed by atoms with E-state index in [2.05, 4.69) is 20.6 Å². The van der Waals surface area contributed by atoms with Crippen molar-refractivity contribution in [1.29, 1.82) is 0 Å². The summed E-state index contributed by atoms with van der Waals surface area (Å²) in [5.41, 5.74) is 0.900. The van der Waals surface area contributed by atoms with Crippen LogP contribution in [-0.2, 0) is 13.5 Å². The molecule has 0 radical (unpaired) electrons. The van der Waals surface area contributed by atoms with E-state index in [9.17, 15) is 0 Å². The standard InChI is InChI=1S/C13H19N5O/c1-18-9-11(8-15-18)13-16-12(19-17-13)5-4-10-3-2-6-14-7-10/h8-10,14H,2-7H2,1H3. The van der Waals surface area contributed by atoms with Gasteiger partial charge in [0.1, 0.15) is 0 Å². The minimum absolute atomic E-state index is 0.630. The monoisotopic (exact) mass is 261 g/mol. The fourth-order valence-electron chi connectivity index (χ4n) is 2.51. The molecule has 1 unspecified atom stereocenters. The Morgan fingerprint density at radius 2 is 2.47 bits per heavy atom. The van der Waals surface area contributed by atoms with Gasteiger partial charge in [0, 0.05) is 19.7 Å². The lowest BCUT2D eigenvalue weighted by Gasteiger charge is -2.21. The fraction of sp³-hybridized carbons (Fsp3) is 0.615. The lowest BCUT2D eigenvalue weighted by molar-refractivity contribution is 0.327. The molecule has 1 aliphatic rings. The van der Waals surface area contributed by atoms with Crippen molar-refractivity contribution in [3.8, 4) is 11.4 Å². The van der Waals surface area contributed by atoms with Gasteiger partial charge in [-0.15, -0.1) is 0 Å². The van der Waals surface area contributed by atoms with Crippen molar-refractivity contribution in [3.05, 3.63) is 18.3 Å². The van der Waals surface area contributed by atoms with E-state index in [4.69, 9.17) is 4.52 Å². The summed E-state index contributed by atoms with van der Waals surface area (Å²) in [4.78, 5) is 4.43. The van der Waals surface area contributed by atoms with Gasteiger partial charge >= 0.3 is 0 Å². The lowest BCUT2D eigenvalue weighted by Crippen LogP contribution is -2.29. The van der Waals surface area contributed by atoms with Crippen LogP contribution in [0.5, 0.6) is 0 Å². The van der Waals surface area contributed by atoms with Crippen molar-refractivity contribution in [2.45, 2.75) is 25.7 Å². The second-order valence-electron chi connectivity index (χ2n) is 5.17. The molecule has 0 amide bonds. The molecule has 19 heavy (non-hydrogen) atoms. The van der Waals surface area contributed by atoms with Gasteiger partial charge in [-0.2, -0.15) is 10.1 Å². The molecule has 0 saturated carbocycles. The second-order valence-corrected chi connectivity index (χ2v) is 5.17. The molecule has 1 N–H and O–H groups in total. The van der Waals surface area contributed by atoms with Crippen LogP contribution >= 0.6 is 0 Å². The summed E-state index contributed by atoms with van der Waals surface area (Å²) in [5.74, 6) is 2.09. The summed E-state index contributed by atoms with van der Waals surface area (Å²) in [6.07, 6.45) is 8.19. The zero-order valence-electron chi connectivity index (χ0n) is 11.2. The van der Waals surface area contributed by atoms with E-state index in [0.717, 1.165) is 43.3 Å². The third kappa shape index (κ3) is 3.01. The van der Waals surface area contributed by atoms with Crippen molar-refractivity contribution in [3.63, 3.8) is 0 Å². The topological polar surface area (TPSA) is 68.8 Å². The number of nitrogens with one attached hydrogen (secondary N) is 1. The van der Waals surface area contributed by atoms with Crippen molar-refractivity contribution in [1.82, 2.24) is 25.2 Å². The van der Waals surface area contributed by atoms with E-state index in [1.807, 2.05) is 13.2 Å². The molecular formula is C13H19N5O. The zero-order chi connectivity index (χ0) is 13.1. The van der Waals surface area contributed by atoms with Gasteiger partial charge in [0.15, 0.2) is 0 Å². The first-order chi connectivity index (χ1) is 9.31. The summed E-state index contributed by atoms with van der Waals surface area (Å²) < 4.78 is 7.04. The quantitative estimate of drug-likeness (QED) is 0.901. The van der Waals surface area contributed by atoms with Crippen molar-refractivity contribution >= 4 is 0 Å². The maximum absolute atomic E-state index is 5.30. The van der Waals surface area contributed by atoms with Crippen LogP contribution in [0.3, 0.4) is 0 Å². The molecule has 0 aromatic carbocycles. The molecule has 0 aliphatic carbocycles. The lowest BCUT2D eigenvalue weighted by atomic mass is 9.95. The Bertz CT molecular complexity index is 527. The van der Waals surface area contributed by atoms with Crippen LogP contribution < -0.4 is 5.32 Å².